The summed E-state index contributed by atoms with van der Waals surface area (Å²) >= 11 is 0. The molecular formula is C14H14N2O2. The topological polar surface area (TPSA) is 52.1 Å². The lowest BCUT2D eigenvalue weighted by molar-refractivity contribution is 0.103. The molecule has 1 aromatic heterocycles. The average Bonchev–Trinajstić information content (AvgIpc) is 2.41. The fraction of sp³-hybridized carbons (Fsp3) is 0.214. The van der Waals surface area contributed by atoms with Crippen LogP contribution in [0.4, 0.5) is 0 Å². The number of carbonyl (C=O) groups excluding carboxylic acids is 1. The molecule has 0 spiro atoms. The molecule has 0 amide bonds. The normalized spacial score (nSPS) is 10.2. The Morgan fingerprint density at radius 1 is 1.17 bits per heavy atom. The Balaban J connectivity index is 2.58. The predicted molar refractivity (Wildman–Crippen MR) is 67.9 cm³/mol. The number of aromatic nitrogens is 2. The molecule has 2 aromatic rings. The Bertz CT molecular complexity index is 580. The minimum atomic E-state index is -0.166. The van der Waals surface area contributed by atoms with Gasteiger partial charge in [0.25, 0.3) is 0 Å². The zero-order chi connectivity index (χ0) is 13.1. The van der Waals surface area contributed by atoms with E-state index in [1.165, 1.54) is 18.6 Å². The van der Waals surface area contributed by atoms with E-state index < -0.39 is 0 Å². The summed E-state index contributed by atoms with van der Waals surface area (Å²) < 4.78 is 5.33. The Morgan fingerprint density at radius 3 is 2.50 bits per heavy atom. The van der Waals surface area contributed by atoms with Crippen LogP contribution in [0.5, 0.6) is 5.75 Å². The molecule has 1 aromatic carbocycles. The quantitative estimate of drug-likeness (QED) is 0.775. The van der Waals surface area contributed by atoms with Gasteiger partial charge in [0, 0.05) is 12.4 Å². The molecule has 0 aliphatic heterocycles. The first-order valence-corrected chi connectivity index (χ1v) is 5.60. The number of hydrogen-bond donors (Lipinski definition) is 0. The third kappa shape index (κ3) is 2.09. The summed E-state index contributed by atoms with van der Waals surface area (Å²) in [7, 11) is 1.56. The summed E-state index contributed by atoms with van der Waals surface area (Å²) in [5.41, 5.74) is 2.67. The van der Waals surface area contributed by atoms with E-state index in [2.05, 4.69) is 9.97 Å². The largest absolute Gasteiger partial charge is 0.496 e. The maximum Gasteiger partial charge on any atom is 0.216 e. The van der Waals surface area contributed by atoms with E-state index in [0.29, 0.717) is 17.0 Å². The highest BCUT2D eigenvalue weighted by molar-refractivity contribution is 6.10. The van der Waals surface area contributed by atoms with E-state index >= 15 is 0 Å². The number of nitrogens with zero attached hydrogens (tertiary/aromatic N) is 2. The highest BCUT2D eigenvalue weighted by Crippen LogP contribution is 2.28. The van der Waals surface area contributed by atoms with Gasteiger partial charge in [0.1, 0.15) is 11.4 Å². The van der Waals surface area contributed by atoms with Crippen LogP contribution < -0.4 is 4.74 Å². The minimum Gasteiger partial charge on any atom is -0.496 e. The number of hydrogen-bond acceptors (Lipinski definition) is 4. The van der Waals surface area contributed by atoms with E-state index in [4.69, 9.17) is 4.74 Å². The molecule has 18 heavy (non-hydrogen) atoms. The molecule has 0 radical (unpaired) electrons. The zero-order valence-corrected chi connectivity index (χ0v) is 10.6. The van der Waals surface area contributed by atoms with E-state index in [-0.39, 0.29) is 5.78 Å². The number of aryl methyl sites for hydroxylation is 2. The third-order valence-corrected chi connectivity index (χ3v) is 2.79. The molecule has 4 heteroatoms. The summed E-state index contributed by atoms with van der Waals surface area (Å²) in [6, 6.07) is 3.84. The lowest BCUT2D eigenvalue weighted by atomic mass is 9.98. The smallest absolute Gasteiger partial charge is 0.216 e. The van der Waals surface area contributed by atoms with Crippen molar-refractivity contribution in [2.45, 2.75) is 13.8 Å². The second-order valence-corrected chi connectivity index (χ2v) is 4.03. The molecule has 0 N–H and O–H groups in total. The van der Waals surface area contributed by atoms with Gasteiger partial charge in [0.05, 0.1) is 18.9 Å². The lowest BCUT2D eigenvalue weighted by Crippen LogP contribution is -2.09. The van der Waals surface area contributed by atoms with Crippen LogP contribution in [0.1, 0.15) is 27.2 Å². The van der Waals surface area contributed by atoms with Gasteiger partial charge >= 0.3 is 0 Å². The maximum absolute atomic E-state index is 12.4. The zero-order valence-electron chi connectivity index (χ0n) is 10.6. The first kappa shape index (κ1) is 12.2. The monoisotopic (exact) mass is 242 g/mol. The molecular weight excluding hydrogens is 228 g/mol. The molecule has 0 atom stereocenters. The summed E-state index contributed by atoms with van der Waals surface area (Å²) in [5.74, 6) is 0.437. The lowest BCUT2D eigenvalue weighted by Gasteiger charge is -2.12. The van der Waals surface area contributed by atoms with Gasteiger partial charge in [-0.1, -0.05) is 12.1 Å². The van der Waals surface area contributed by atoms with E-state index in [9.17, 15) is 4.79 Å². The Morgan fingerprint density at radius 2 is 1.89 bits per heavy atom. The minimum absolute atomic E-state index is 0.166. The molecule has 92 valence electrons. The second-order valence-electron chi connectivity index (χ2n) is 4.03. The average molecular weight is 242 g/mol. The van der Waals surface area contributed by atoms with Gasteiger partial charge in [-0.2, -0.15) is 0 Å². The van der Waals surface area contributed by atoms with Crippen LogP contribution in [0.2, 0.25) is 0 Å². The predicted octanol–water partition coefficient (Wildman–Crippen LogP) is 2.33. The van der Waals surface area contributed by atoms with E-state index in [0.717, 1.165) is 11.1 Å². The van der Waals surface area contributed by atoms with Crippen molar-refractivity contribution in [2.24, 2.45) is 0 Å². The van der Waals surface area contributed by atoms with Crippen LogP contribution in [0.15, 0.2) is 30.7 Å². The molecule has 0 unspecified atom stereocenters. The number of ether oxygens (including phenoxy) is 1. The standard InChI is InChI=1S/C14H14N2O2/c1-9-4-5-10(2)14(18-3)12(9)13(17)11-8-15-6-7-16-11/h4-8H,1-3H3. The van der Waals surface area contributed by atoms with Crippen molar-refractivity contribution in [3.05, 3.63) is 53.1 Å². The van der Waals surface area contributed by atoms with Gasteiger partial charge in [0.15, 0.2) is 0 Å². The highest BCUT2D eigenvalue weighted by atomic mass is 16.5. The maximum atomic E-state index is 12.4. The van der Waals surface area contributed by atoms with Crippen LogP contribution >= 0.6 is 0 Å². The van der Waals surface area contributed by atoms with Gasteiger partial charge in [0.2, 0.25) is 5.78 Å². The Labute approximate surface area is 106 Å². The summed E-state index contributed by atoms with van der Waals surface area (Å²) in [6.07, 6.45) is 4.51. The van der Waals surface area contributed by atoms with Crippen molar-refractivity contribution < 1.29 is 9.53 Å². The van der Waals surface area contributed by atoms with Crippen molar-refractivity contribution in [1.29, 1.82) is 0 Å². The summed E-state index contributed by atoms with van der Waals surface area (Å²) in [6.45, 7) is 3.79. The van der Waals surface area contributed by atoms with Gasteiger partial charge in [-0.05, 0) is 25.0 Å². The molecule has 0 saturated heterocycles. The van der Waals surface area contributed by atoms with Gasteiger partial charge < -0.3 is 4.74 Å². The number of carbonyl (C=O) groups is 1. The Kier molecular flexibility index (Phi) is 3.37. The van der Waals surface area contributed by atoms with Crippen LogP contribution in [0.25, 0.3) is 0 Å². The SMILES string of the molecule is COc1c(C)ccc(C)c1C(=O)c1cnccn1. The number of methoxy groups -OCH3 is 1. The van der Waals surface area contributed by atoms with Crippen LogP contribution in [-0.2, 0) is 0 Å². The number of rotatable bonds is 3. The van der Waals surface area contributed by atoms with Crippen molar-refractivity contribution >= 4 is 5.78 Å². The number of ketones is 1. The molecule has 2 rings (SSSR count). The van der Waals surface area contributed by atoms with Gasteiger partial charge in [-0.3, -0.25) is 9.78 Å². The molecule has 0 saturated carbocycles. The number of benzene rings is 1. The van der Waals surface area contributed by atoms with Crippen LogP contribution in [0.3, 0.4) is 0 Å². The fourth-order valence-electron chi connectivity index (χ4n) is 1.87. The fourth-order valence-corrected chi connectivity index (χ4v) is 1.87. The molecule has 0 aliphatic carbocycles. The van der Waals surface area contributed by atoms with E-state index in [1.807, 2.05) is 26.0 Å². The Hall–Kier alpha value is -2.23. The van der Waals surface area contributed by atoms with Crippen LogP contribution in [-0.4, -0.2) is 22.9 Å². The van der Waals surface area contributed by atoms with Crippen molar-refractivity contribution in [2.75, 3.05) is 7.11 Å². The second kappa shape index (κ2) is 4.96. The molecule has 1 heterocycles. The molecule has 0 bridgehead atoms. The van der Waals surface area contributed by atoms with Crippen molar-refractivity contribution in [3.63, 3.8) is 0 Å². The van der Waals surface area contributed by atoms with Crippen molar-refractivity contribution in [3.8, 4) is 5.75 Å². The van der Waals surface area contributed by atoms with Gasteiger partial charge in [-0.25, -0.2) is 4.98 Å². The van der Waals surface area contributed by atoms with E-state index in [1.54, 1.807) is 7.11 Å². The molecule has 4 nitrogen and oxygen atoms in total. The van der Waals surface area contributed by atoms with Crippen molar-refractivity contribution in [1.82, 2.24) is 9.97 Å². The van der Waals surface area contributed by atoms with Crippen LogP contribution in [0, 0.1) is 13.8 Å². The highest BCUT2D eigenvalue weighted by Gasteiger charge is 2.19. The first-order chi connectivity index (χ1) is 8.65. The summed E-state index contributed by atoms with van der Waals surface area (Å²) in [5, 5.41) is 0. The third-order valence-electron chi connectivity index (χ3n) is 2.79. The van der Waals surface area contributed by atoms with Gasteiger partial charge in [-0.15, -0.1) is 0 Å². The first-order valence-electron chi connectivity index (χ1n) is 5.60. The summed E-state index contributed by atoms with van der Waals surface area (Å²) in [4.78, 5) is 20.4. The molecule has 0 fully saturated rings. The molecule has 0 aliphatic rings.